The molecular weight excluding hydrogens is 52.0 g/mol. The van der Waals surface area contributed by atoms with Crippen LogP contribution in [0.2, 0.25) is 0 Å². The average Bonchev–Trinajstić information content (AvgIpc) is 1.37. The lowest BCUT2D eigenvalue weighted by atomic mass is 11.4. The number of hydrazine groups is 1. The minimum absolute atomic E-state index is 1.69. The molecule has 2 radical (unpaired) electrons. The Morgan fingerprint density at radius 1 is 1.75 bits per heavy atom. The smallest absolute Gasteiger partial charge is 0.0579 e. The Hall–Kier alpha value is -0.0800. The number of nitrogens with one attached hydrogen (secondary N) is 2. The predicted octanol–water partition coefficient (Wildman–Crippen LogP) is -0.621. The van der Waals surface area contributed by atoms with E-state index < -0.39 is 0 Å². The summed E-state index contributed by atoms with van der Waals surface area (Å²) in [5, 5.41) is 0. The van der Waals surface area contributed by atoms with Gasteiger partial charge in [-0.25, -0.2) is 0 Å². The van der Waals surface area contributed by atoms with Gasteiger partial charge < -0.3 is 0 Å². The van der Waals surface area contributed by atoms with Gasteiger partial charge in [-0.2, -0.15) is 0 Å². The van der Waals surface area contributed by atoms with E-state index in [2.05, 4.69) is 17.9 Å². The molecule has 24 valence electrons. The van der Waals surface area contributed by atoms with Crippen LogP contribution in [0.4, 0.5) is 0 Å². The van der Waals surface area contributed by atoms with Crippen molar-refractivity contribution in [1.29, 1.82) is 0 Å². The van der Waals surface area contributed by atoms with Crippen LogP contribution in [0.5, 0.6) is 0 Å². The van der Waals surface area contributed by atoms with Crippen molar-refractivity contribution in [2.24, 2.45) is 0 Å². The van der Waals surface area contributed by atoms with Crippen LogP contribution in [0.15, 0.2) is 0 Å². The summed E-state index contributed by atoms with van der Waals surface area (Å²) in [6.07, 6.45) is 0. The highest BCUT2D eigenvalue weighted by Crippen LogP contribution is 1.14. The first kappa shape index (κ1) is 3.92. The van der Waals surface area contributed by atoms with Crippen LogP contribution >= 0.6 is 0 Å². The van der Waals surface area contributed by atoms with E-state index in [1.165, 1.54) is 0 Å². The molecular formula is C2H6N2. The summed E-state index contributed by atoms with van der Waals surface area (Å²) in [4.78, 5) is 0. The fourth-order valence-electron chi connectivity index (χ4n) is 0. The fraction of sp³-hybridized carbons (Fsp3) is 0.500. The molecule has 0 saturated heterocycles. The minimum atomic E-state index is 1.69. The van der Waals surface area contributed by atoms with E-state index in [1.807, 2.05) is 0 Å². The molecule has 0 aromatic carbocycles. The summed E-state index contributed by atoms with van der Waals surface area (Å²) in [6.45, 7) is 0. The molecule has 0 aromatic rings. The van der Waals surface area contributed by atoms with Crippen LogP contribution in [0.1, 0.15) is 0 Å². The molecule has 0 aliphatic rings. The molecule has 0 atom stereocenters. The third-order valence-corrected chi connectivity index (χ3v) is 0.144. The summed E-state index contributed by atoms with van der Waals surface area (Å²) < 4.78 is 0. The average molecular weight is 58.1 g/mol. The van der Waals surface area contributed by atoms with Crippen molar-refractivity contribution in [1.82, 2.24) is 10.9 Å². The summed E-state index contributed by atoms with van der Waals surface area (Å²) in [6, 6.07) is 0. The van der Waals surface area contributed by atoms with Gasteiger partial charge in [0.25, 0.3) is 0 Å². The molecule has 2 heteroatoms. The normalized spacial score (nSPS) is 7.50. The van der Waals surface area contributed by atoms with Crippen LogP contribution < -0.4 is 10.9 Å². The molecule has 2 nitrogen and oxygen atoms in total. The van der Waals surface area contributed by atoms with E-state index in [0.29, 0.717) is 0 Å². The van der Waals surface area contributed by atoms with E-state index in [-0.39, 0.29) is 0 Å². The Labute approximate surface area is 26.2 Å². The Kier molecular flexibility index (Phi) is 2.86. The van der Waals surface area contributed by atoms with Gasteiger partial charge in [-0.1, -0.05) is 0 Å². The molecule has 0 aliphatic heterocycles. The van der Waals surface area contributed by atoms with Gasteiger partial charge in [-0.15, -0.1) is 0 Å². The van der Waals surface area contributed by atoms with E-state index in [0.717, 1.165) is 0 Å². The zero-order chi connectivity index (χ0) is 3.41. The topological polar surface area (TPSA) is 24.1 Å². The van der Waals surface area contributed by atoms with E-state index in [9.17, 15) is 0 Å². The van der Waals surface area contributed by atoms with Gasteiger partial charge in [0, 0.05) is 0 Å². The quantitative estimate of drug-likeness (QED) is 0.310. The minimum Gasteiger partial charge on any atom is -0.261 e. The summed E-state index contributed by atoms with van der Waals surface area (Å²) >= 11 is 0. The molecule has 0 unspecified atom stereocenters. The van der Waals surface area contributed by atoms with Gasteiger partial charge in [0.2, 0.25) is 0 Å². The maximum absolute atomic E-state index is 4.67. The molecule has 0 aromatic heterocycles. The molecule has 2 N–H and O–H groups in total. The van der Waals surface area contributed by atoms with Crippen molar-refractivity contribution in [3.05, 3.63) is 7.05 Å². The second-order valence-electron chi connectivity index (χ2n) is 0.394. The van der Waals surface area contributed by atoms with Crippen molar-refractivity contribution in [3.63, 3.8) is 0 Å². The van der Waals surface area contributed by atoms with Crippen molar-refractivity contribution in [2.75, 3.05) is 7.05 Å². The maximum Gasteiger partial charge on any atom is 0.0579 e. The highest BCUT2D eigenvalue weighted by atomic mass is 15.3. The number of hydrogen-bond donors (Lipinski definition) is 2. The van der Waals surface area contributed by atoms with Gasteiger partial charge in [-0.3, -0.25) is 10.9 Å². The second kappa shape index (κ2) is 2.92. The van der Waals surface area contributed by atoms with Gasteiger partial charge in [-0.05, 0) is 7.05 Å². The summed E-state index contributed by atoms with van der Waals surface area (Å²) in [5.41, 5.74) is 4.64. The van der Waals surface area contributed by atoms with Crippen LogP contribution in [0.25, 0.3) is 0 Å². The lowest BCUT2D eigenvalue weighted by Gasteiger charge is -1.80. The van der Waals surface area contributed by atoms with Crippen molar-refractivity contribution in [2.45, 2.75) is 0 Å². The molecule has 0 rings (SSSR count). The Balaban J connectivity index is 1.97. The maximum atomic E-state index is 4.67. The van der Waals surface area contributed by atoms with Gasteiger partial charge >= 0.3 is 0 Å². The second-order valence-corrected chi connectivity index (χ2v) is 0.394. The summed E-state index contributed by atoms with van der Waals surface area (Å²) in [5.74, 6) is 0. The van der Waals surface area contributed by atoms with Crippen molar-refractivity contribution >= 4 is 0 Å². The van der Waals surface area contributed by atoms with Gasteiger partial charge in [0.05, 0.1) is 7.05 Å². The molecule has 0 spiro atoms. The SMILES string of the molecule is [CH]NNC. The zero-order valence-corrected chi connectivity index (χ0v) is 2.58. The summed E-state index contributed by atoms with van der Waals surface area (Å²) in [7, 11) is 6.36. The van der Waals surface area contributed by atoms with E-state index in [1.54, 1.807) is 7.05 Å². The first-order chi connectivity index (χ1) is 1.91. The molecule has 0 bridgehead atoms. The first-order valence-corrected chi connectivity index (χ1v) is 1.04. The lowest BCUT2D eigenvalue weighted by Crippen LogP contribution is -2.18. The third-order valence-electron chi connectivity index (χ3n) is 0.144. The van der Waals surface area contributed by atoms with Crippen molar-refractivity contribution in [3.8, 4) is 0 Å². The van der Waals surface area contributed by atoms with Crippen LogP contribution in [-0.2, 0) is 0 Å². The van der Waals surface area contributed by atoms with Gasteiger partial charge in [0.1, 0.15) is 0 Å². The van der Waals surface area contributed by atoms with Crippen LogP contribution in [-0.4, -0.2) is 7.05 Å². The Morgan fingerprint density at radius 2 is 2.00 bits per heavy atom. The fourth-order valence-corrected chi connectivity index (χ4v) is 0. The van der Waals surface area contributed by atoms with Crippen molar-refractivity contribution < 1.29 is 0 Å². The monoisotopic (exact) mass is 58.1 g/mol. The standard InChI is InChI=1S/C2H6N2/c1-3-4-2/h1,3-4H,2H3. The number of hydrogen-bond acceptors (Lipinski definition) is 2. The molecule has 0 amide bonds. The molecule has 0 aliphatic carbocycles. The predicted molar refractivity (Wildman–Crippen MR) is 16.5 cm³/mol. The van der Waals surface area contributed by atoms with E-state index >= 15 is 0 Å². The molecule has 0 fully saturated rings. The lowest BCUT2D eigenvalue weighted by molar-refractivity contribution is 0.727. The molecule has 4 heavy (non-hydrogen) atoms. The van der Waals surface area contributed by atoms with Crippen LogP contribution in [0, 0.1) is 7.05 Å². The Bertz CT molecular complexity index is 6.00. The van der Waals surface area contributed by atoms with Crippen LogP contribution in [0.3, 0.4) is 0 Å². The molecule has 0 heterocycles. The highest BCUT2D eigenvalue weighted by Gasteiger charge is 1.45. The van der Waals surface area contributed by atoms with Gasteiger partial charge in [0.15, 0.2) is 0 Å². The van der Waals surface area contributed by atoms with E-state index in [4.69, 9.17) is 0 Å². The number of rotatable bonds is 1. The zero-order valence-electron chi connectivity index (χ0n) is 2.58. The largest absolute Gasteiger partial charge is 0.261 e. The molecule has 0 saturated carbocycles. The first-order valence-electron chi connectivity index (χ1n) is 1.04. The third kappa shape index (κ3) is 1.92. The highest BCUT2D eigenvalue weighted by molar-refractivity contribution is 4.13. The Morgan fingerprint density at radius 3 is 2.00 bits per heavy atom.